The number of nitrogens with zero attached hydrogens (tertiary/aromatic N) is 2. The predicted octanol–water partition coefficient (Wildman–Crippen LogP) is -0.326. The summed E-state index contributed by atoms with van der Waals surface area (Å²) in [5, 5.41) is 2.77. The highest BCUT2D eigenvalue weighted by atomic mass is 16.2. The minimum absolute atomic E-state index is 0.0841. The Morgan fingerprint density at radius 2 is 1.73 bits per heavy atom. The number of hydrogen-bond donors (Lipinski definition) is 2. The summed E-state index contributed by atoms with van der Waals surface area (Å²) in [7, 11) is 1.63. The van der Waals surface area contributed by atoms with E-state index >= 15 is 0 Å². The van der Waals surface area contributed by atoms with E-state index in [-0.39, 0.29) is 11.4 Å². The number of nitrogens with two attached hydrogens (primary N) is 1. The van der Waals surface area contributed by atoms with Crippen LogP contribution >= 0.6 is 0 Å². The number of nitrogen functional groups attached to an aromatic ring is 1. The van der Waals surface area contributed by atoms with E-state index in [4.69, 9.17) is 5.73 Å². The van der Waals surface area contributed by atoms with Crippen molar-refractivity contribution in [2.24, 2.45) is 0 Å². The molecular formula is C9H16N4O2. The molecule has 0 radical (unpaired) electrons. The van der Waals surface area contributed by atoms with Crippen molar-refractivity contribution in [3.8, 4) is 0 Å². The molecule has 0 spiro atoms. The lowest BCUT2D eigenvalue weighted by molar-refractivity contribution is 0.596. The molecule has 1 rings (SSSR count). The highest BCUT2D eigenvalue weighted by Gasteiger charge is 2.13. The van der Waals surface area contributed by atoms with E-state index in [0.717, 1.165) is 4.57 Å². The van der Waals surface area contributed by atoms with Crippen molar-refractivity contribution in [1.29, 1.82) is 0 Å². The van der Waals surface area contributed by atoms with E-state index in [1.807, 2.05) is 6.92 Å². The molecule has 0 saturated carbocycles. The van der Waals surface area contributed by atoms with Crippen molar-refractivity contribution in [3.05, 3.63) is 20.8 Å². The topological polar surface area (TPSA) is 82.1 Å². The van der Waals surface area contributed by atoms with Gasteiger partial charge in [0.25, 0.3) is 5.56 Å². The van der Waals surface area contributed by atoms with E-state index in [9.17, 15) is 9.59 Å². The summed E-state index contributed by atoms with van der Waals surface area (Å²) in [6.45, 7) is 4.36. The average Bonchev–Trinajstić information content (AvgIpc) is 2.23. The molecule has 0 amide bonds. The zero-order valence-electron chi connectivity index (χ0n) is 9.20. The first-order valence-corrected chi connectivity index (χ1v) is 4.89. The van der Waals surface area contributed by atoms with Gasteiger partial charge in [-0.15, -0.1) is 0 Å². The normalized spacial score (nSPS) is 10.3. The van der Waals surface area contributed by atoms with Gasteiger partial charge in [0.1, 0.15) is 11.5 Å². The Morgan fingerprint density at radius 3 is 2.13 bits per heavy atom. The lowest BCUT2D eigenvalue weighted by Crippen LogP contribution is -2.41. The van der Waals surface area contributed by atoms with Gasteiger partial charge in [0.2, 0.25) is 0 Å². The third kappa shape index (κ3) is 1.62. The van der Waals surface area contributed by atoms with Gasteiger partial charge in [-0.05, 0) is 13.8 Å². The summed E-state index contributed by atoms with van der Waals surface area (Å²) in [5.74, 6) is 0.386. The molecule has 0 fully saturated rings. The molecule has 15 heavy (non-hydrogen) atoms. The summed E-state index contributed by atoms with van der Waals surface area (Å²) >= 11 is 0. The molecule has 0 aliphatic carbocycles. The molecule has 0 aromatic carbocycles. The molecule has 0 unspecified atom stereocenters. The predicted molar refractivity (Wildman–Crippen MR) is 60.3 cm³/mol. The molecule has 1 aromatic heterocycles. The van der Waals surface area contributed by atoms with Gasteiger partial charge in [0.05, 0.1) is 0 Å². The fourth-order valence-electron chi connectivity index (χ4n) is 1.56. The van der Waals surface area contributed by atoms with Crippen LogP contribution in [0.3, 0.4) is 0 Å². The number of aromatic nitrogens is 2. The first kappa shape index (κ1) is 11.4. The van der Waals surface area contributed by atoms with Crippen LogP contribution < -0.4 is 22.3 Å². The first-order valence-electron chi connectivity index (χ1n) is 4.89. The van der Waals surface area contributed by atoms with Gasteiger partial charge in [-0.3, -0.25) is 13.9 Å². The van der Waals surface area contributed by atoms with Gasteiger partial charge in [0.15, 0.2) is 0 Å². The molecule has 0 aliphatic rings. The summed E-state index contributed by atoms with van der Waals surface area (Å²) in [6.07, 6.45) is 0. The SMILES string of the molecule is CCn1c(NC)c(N)c(=O)n(CC)c1=O. The summed E-state index contributed by atoms with van der Waals surface area (Å²) in [6, 6.07) is 0. The largest absolute Gasteiger partial charge is 0.391 e. The van der Waals surface area contributed by atoms with E-state index < -0.39 is 5.56 Å². The van der Waals surface area contributed by atoms with Crippen molar-refractivity contribution in [2.75, 3.05) is 18.1 Å². The third-order valence-corrected chi connectivity index (χ3v) is 2.33. The van der Waals surface area contributed by atoms with Crippen LogP contribution in [0.4, 0.5) is 11.5 Å². The number of nitrogens with one attached hydrogen (secondary N) is 1. The standard InChI is InChI=1S/C9H16N4O2/c1-4-12-7(11-3)6(10)8(14)13(5-2)9(12)15/h11H,4-5,10H2,1-3H3. The van der Waals surface area contributed by atoms with E-state index in [1.165, 1.54) is 4.57 Å². The number of rotatable bonds is 3. The van der Waals surface area contributed by atoms with Crippen LogP contribution in [0.1, 0.15) is 13.8 Å². The summed E-state index contributed by atoms with van der Waals surface area (Å²) < 4.78 is 2.57. The highest BCUT2D eigenvalue weighted by Crippen LogP contribution is 2.09. The molecule has 0 aliphatic heterocycles. The Kier molecular flexibility index (Phi) is 3.18. The quantitative estimate of drug-likeness (QED) is 0.719. The molecule has 1 heterocycles. The van der Waals surface area contributed by atoms with Crippen LogP contribution in [0.2, 0.25) is 0 Å². The minimum Gasteiger partial charge on any atom is -0.391 e. The van der Waals surface area contributed by atoms with Crippen molar-refractivity contribution in [2.45, 2.75) is 26.9 Å². The van der Waals surface area contributed by atoms with Crippen LogP contribution in [0, 0.1) is 0 Å². The lowest BCUT2D eigenvalue weighted by atomic mass is 10.4. The fraction of sp³-hybridized carbons (Fsp3) is 0.556. The van der Waals surface area contributed by atoms with Crippen LogP contribution in [-0.4, -0.2) is 16.2 Å². The maximum atomic E-state index is 11.8. The van der Waals surface area contributed by atoms with Crippen molar-refractivity contribution < 1.29 is 0 Å². The Bertz CT molecular complexity index is 472. The summed E-state index contributed by atoms with van der Waals surface area (Å²) in [4.78, 5) is 23.5. The van der Waals surface area contributed by atoms with Crippen LogP contribution in [0.15, 0.2) is 9.59 Å². The Morgan fingerprint density at radius 1 is 1.20 bits per heavy atom. The molecular weight excluding hydrogens is 196 g/mol. The second-order valence-corrected chi connectivity index (χ2v) is 3.09. The van der Waals surface area contributed by atoms with E-state index in [2.05, 4.69) is 5.32 Å². The minimum atomic E-state index is -0.434. The first-order chi connectivity index (χ1) is 7.08. The van der Waals surface area contributed by atoms with Crippen LogP contribution in [-0.2, 0) is 13.1 Å². The van der Waals surface area contributed by atoms with Gasteiger partial charge < -0.3 is 11.1 Å². The van der Waals surface area contributed by atoms with Crippen LogP contribution in [0.5, 0.6) is 0 Å². The molecule has 6 nitrogen and oxygen atoms in total. The fourth-order valence-corrected chi connectivity index (χ4v) is 1.56. The number of hydrogen-bond acceptors (Lipinski definition) is 4. The third-order valence-electron chi connectivity index (χ3n) is 2.33. The monoisotopic (exact) mass is 212 g/mol. The number of anilines is 2. The maximum absolute atomic E-state index is 11.8. The molecule has 84 valence electrons. The Hall–Kier alpha value is -1.72. The smallest absolute Gasteiger partial charge is 0.332 e. The van der Waals surface area contributed by atoms with Gasteiger partial charge >= 0.3 is 5.69 Å². The van der Waals surface area contributed by atoms with Gasteiger partial charge in [0, 0.05) is 20.1 Å². The van der Waals surface area contributed by atoms with Crippen molar-refractivity contribution in [3.63, 3.8) is 0 Å². The zero-order chi connectivity index (χ0) is 11.6. The van der Waals surface area contributed by atoms with Crippen molar-refractivity contribution >= 4 is 11.5 Å². The second kappa shape index (κ2) is 4.20. The highest BCUT2D eigenvalue weighted by molar-refractivity contribution is 5.59. The maximum Gasteiger partial charge on any atom is 0.332 e. The van der Waals surface area contributed by atoms with Gasteiger partial charge in [-0.2, -0.15) is 0 Å². The Balaban J connectivity index is 3.74. The molecule has 0 atom stereocenters. The molecule has 0 saturated heterocycles. The molecule has 3 N–H and O–H groups in total. The second-order valence-electron chi connectivity index (χ2n) is 3.09. The van der Waals surface area contributed by atoms with Crippen molar-refractivity contribution in [1.82, 2.24) is 9.13 Å². The molecule has 6 heteroatoms. The zero-order valence-corrected chi connectivity index (χ0v) is 9.20. The van der Waals surface area contributed by atoms with Gasteiger partial charge in [-0.1, -0.05) is 0 Å². The van der Waals surface area contributed by atoms with E-state index in [1.54, 1.807) is 14.0 Å². The van der Waals surface area contributed by atoms with E-state index in [0.29, 0.717) is 18.9 Å². The Labute approximate surface area is 87.3 Å². The molecule has 0 bridgehead atoms. The summed E-state index contributed by atoms with van der Waals surface area (Å²) in [5.41, 5.74) is 4.98. The lowest BCUT2D eigenvalue weighted by Gasteiger charge is -2.14. The van der Waals surface area contributed by atoms with Crippen LogP contribution in [0.25, 0.3) is 0 Å². The van der Waals surface area contributed by atoms with Gasteiger partial charge in [-0.25, -0.2) is 4.79 Å². The molecule has 1 aromatic rings. The average molecular weight is 212 g/mol.